The van der Waals surface area contributed by atoms with Gasteiger partial charge in [0.2, 0.25) is 11.8 Å². The van der Waals surface area contributed by atoms with E-state index in [1.807, 2.05) is 42.5 Å². The summed E-state index contributed by atoms with van der Waals surface area (Å²) in [7, 11) is 0. The number of halogens is 1. The molecule has 32 heavy (non-hydrogen) atoms. The fourth-order valence-electron chi connectivity index (χ4n) is 4.31. The maximum Gasteiger partial charge on any atom is 0.249 e. The summed E-state index contributed by atoms with van der Waals surface area (Å²) in [5, 5.41) is 10.2. The van der Waals surface area contributed by atoms with E-state index >= 15 is 0 Å². The van der Waals surface area contributed by atoms with Crippen molar-refractivity contribution in [3.63, 3.8) is 0 Å². The van der Waals surface area contributed by atoms with Crippen LogP contribution in [0.25, 0.3) is 44.6 Å². The van der Waals surface area contributed by atoms with E-state index in [0.717, 1.165) is 38.7 Å². The van der Waals surface area contributed by atoms with Crippen molar-refractivity contribution in [1.82, 2.24) is 24.7 Å². The van der Waals surface area contributed by atoms with Crippen LogP contribution in [0.5, 0.6) is 0 Å². The molecule has 0 aliphatic carbocycles. The first-order chi connectivity index (χ1) is 15.6. The predicted molar refractivity (Wildman–Crippen MR) is 126 cm³/mol. The predicted octanol–water partition coefficient (Wildman–Crippen LogP) is 6.11. The number of fused-ring (bicyclic) bond motifs is 4. The first-order valence-electron chi connectivity index (χ1n) is 10.3. The minimum Gasteiger partial charge on any atom is -0.419 e. The van der Waals surface area contributed by atoms with Crippen molar-refractivity contribution in [1.29, 1.82) is 0 Å². The van der Waals surface area contributed by atoms with Gasteiger partial charge in [-0.3, -0.25) is 0 Å². The molecule has 6 rings (SSSR count). The first-order valence-corrected chi connectivity index (χ1v) is 10.7. The summed E-state index contributed by atoms with van der Waals surface area (Å²) in [5.74, 6) is 0.879. The highest BCUT2D eigenvalue weighted by molar-refractivity contribution is 6.33. The molecule has 156 valence electrons. The molecule has 0 N–H and O–H groups in total. The van der Waals surface area contributed by atoms with Gasteiger partial charge in [0, 0.05) is 5.39 Å². The Morgan fingerprint density at radius 1 is 0.906 bits per heavy atom. The van der Waals surface area contributed by atoms with Gasteiger partial charge in [0.15, 0.2) is 5.65 Å². The third-order valence-corrected chi connectivity index (χ3v) is 5.97. The van der Waals surface area contributed by atoms with Crippen molar-refractivity contribution in [3.05, 3.63) is 82.7 Å². The van der Waals surface area contributed by atoms with Gasteiger partial charge >= 0.3 is 0 Å². The molecule has 0 radical (unpaired) electrons. The lowest BCUT2D eigenvalue weighted by Crippen LogP contribution is -2.02. The second-order valence-corrected chi connectivity index (χ2v) is 8.34. The number of benzene rings is 3. The standard InChI is InChI=1S/C25H18ClN5O/c1-14-11-15(2)23-17(12-14)22-24(28-20-10-6-5-9-19(20)27-22)31(23)13-21-29-30-25(32-21)16-7-3-4-8-18(16)26/h3-12H,13H2,1-2H3. The quantitative estimate of drug-likeness (QED) is 0.333. The molecule has 0 aliphatic rings. The molecule has 0 unspecified atom stereocenters. The number of aromatic nitrogens is 5. The van der Waals surface area contributed by atoms with Crippen LogP contribution in [0.1, 0.15) is 17.0 Å². The van der Waals surface area contributed by atoms with Crippen molar-refractivity contribution in [2.24, 2.45) is 0 Å². The van der Waals surface area contributed by atoms with E-state index < -0.39 is 0 Å². The van der Waals surface area contributed by atoms with Crippen LogP contribution < -0.4 is 0 Å². The van der Waals surface area contributed by atoms with Gasteiger partial charge in [-0.15, -0.1) is 10.2 Å². The van der Waals surface area contributed by atoms with Gasteiger partial charge in [-0.25, -0.2) is 9.97 Å². The molecule has 3 aromatic heterocycles. The fraction of sp³-hybridized carbons (Fsp3) is 0.120. The smallest absolute Gasteiger partial charge is 0.249 e. The molecule has 3 heterocycles. The zero-order valence-corrected chi connectivity index (χ0v) is 18.3. The Morgan fingerprint density at radius 3 is 2.47 bits per heavy atom. The largest absolute Gasteiger partial charge is 0.419 e. The second-order valence-electron chi connectivity index (χ2n) is 7.93. The van der Waals surface area contributed by atoms with Gasteiger partial charge in [-0.1, -0.05) is 47.5 Å². The average Bonchev–Trinajstić information content (AvgIpc) is 3.36. The molecule has 0 atom stereocenters. The summed E-state index contributed by atoms with van der Waals surface area (Å²) in [6.45, 7) is 4.58. The van der Waals surface area contributed by atoms with Gasteiger partial charge in [0.1, 0.15) is 12.1 Å². The van der Waals surface area contributed by atoms with Crippen LogP contribution >= 0.6 is 11.6 Å². The van der Waals surface area contributed by atoms with Gasteiger partial charge in [-0.05, 0) is 49.7 Å². The fourth-order valence-corrected chi connectivity index (χ4v) is 4.53. The van der Waals surface area contributed by atoms with Crippen LogP contribution in [0.4, 0.5) is 0 Å². The van der Waals surface area contributed by atoms with Crippen LogP contribution in [-0.4, -0.2) is 24.7 Å². The molecule has 6 aromatic rings. The van der Waals surface area contributed by atoms with Gasteiger partial charge in [0.25, 0.3) is 0 Å². The Labute approximate surface area is 188 Å². The number of aryl methyl sites for hydroxylation is 2. The topological polar surface area (TPSA) is 69.6 Å². The monoisotopic (exact) mass is 439 g/mol. The zero-order chi connectivity index (χ0) is 21.8. The van der Waals surface area contributed by atoms with Gasteiger partial charge in [-0.2, -0.15) is 0 Å². The Kier molecular flexibility index (Phi) is 4.23. The summed E-state index contributed by atoms with van der Waals surface area (Å²) in [6.07, 6.45) is 0. The summed E-state index contributed by atoms with van der Waals surface area (Å²) in [4.78, 5) is 9.90. The average molecular weight is 440 g/mol. The minimum absolute atomic E-state index is 0.383. The maximum absolute atomic E-state index is 6.31. The Hall–Kier alpha value is -3.77. The zero-order valence-electron chi connectivity index (χ0n) is 17.5. The van der Waals surface area contributed by atoms with E-state index in [-0.39, 0.29) is 0 Å². The van der Waals surface area contributed by atoms with Crippen molar-refractivity contribution in [3.8, 4) is 11.5 Å². The molecule has 0 aliphatic heterocycles. The van der Waals surface area contributed by atoms with Crippen LogP contribution in [0, 0.1) is 13.8 Å². The second kappa shape index (κ2) is 7.14. The molecule has 6 nitrogen and oxygen atoms in total. The number of hydrogen-bond acceptors (Lipinski definition) is 5. The molecule has 0 saturated carbocycles. The Balaban J connectivity index is 1.57. The minimum atomic E-state index is 0.383. The summed E-state index contributed by atoms with van der Waals surface area (Å²) in [6, 6.07) is 19.7. The highest BCUT2D eigenvalue weighted by Crippen LogP contribution is 2.33. The third kappa shape index (κ3) is 2.95. The molecule has 0 bridgehead atoms. The SMILES string of the molecule is Cc1cc(C)c2c(c1)c1nc3ccccc3nc1n2Cc1nnc(-c2ccccc2Cl)o1. The summed E-state index contributed by atoms with van der Waals surface area (Å²) in [5.41, 5.74) is 7.50. The normalized spacial score (nSPS) is 11.7. The lowest BCUT2D eigenvalue weighted by molar-refractivity contribution is 0.494. The van der Waals surface area contributed by atoms with E-state index in [2.05, 4.69) is 40.7 Å². The molecule has 0 saturated heterocycles. The summed E-state index contributed by atoms with van der Waals surface area (Å²) < 4.78 is 8.11. The highest BCUT2D eigenvalue weighted by Gasteiger charge is 2.19. The molecular weight excluding hydrogens is 422 g/mol. The molecule has 7 heteroatoms. The molecule has 0 spiro atoms. The van der Waals surface area contributed by atoms with E-state index in [4.69, 9.17) is 26.0 Å². The molecule has 3 aromatic carbocycles. The first kappa shape index (κ1) is 19.0. The number of rotatable bonds is 3. The molecule has 0 amide bonds. The Morgan fingerprint density at radius 2 is 1.66 bits per heavy atom. The lowest BCUT2D eigenvalue weighted by Gasteiger charge is -2.07. The van der Waals surface area contributed by atoms with Crippen molar-refractivity contribution >= 4 is 44.7 Å². The lowest BCUT2D eigenvalue weighted by atomic mass is 10.1. The van der Waals surface area contributed by atoms with E-state index in [0.29, 0.717) is 28.9 Å². The molecular formula is C25H18ClN5O. The van der Waals surface area contributed by atoms with E-state index in [1.54, 1.807) is 6.07 Å². The molecule has 0 fully saturated rings. The summed E-state index contributed by atoms with van der Waals surface area (Å²) >= 11 is 6.31. The maximum atomic E-state index is 6.31. The van der Waals surface area contributed by atoms with Crippen molar-refractivity contribution in [2.75, 3.05) is 0 Å². The van der Waals surface area contributed by atoms with Crippen molar-refractivity contribution in [2.45, 2.75) is 20.4 Å². The van der Waals surface area contributed by atoms with Crippen LogP contribution in [0.15, 0.2) is 65.1 Å². The number of nitrogens with zero attached hydrogens (tertiary/aromatic N) is 5. The van der Waals surface area contributed by atoms with Crippen LogP contribution in [0.2, 0.25) is 5.02 Å². The number of para-hydroxylation sites is 2. The van der Waals surface area contributed by atoms with Crippen LogP contribution in [0.3, 0.4) is 0 Å². The Bertz CT molecular complexity index is 1650. The van der Waals surface area contributed by atoms with Gasteiger partial charge in [0.05, 0.1) is 27.1 Å². The highest BCUT2D eigenvalue weighted by atomic mass is 35.5. The van der Waals surface area contributed by atoms with E-state index in [1.165, 1.54) is 5.56 Å². The van der Waals surface area contributed by atoms with Gasteiger partial charge < -0.3 is 8.98 Å². The third-order valence-electron chi connectivity index (χ3n) is 5.64. The number of hydrogen-bond donors (Lipinski definition) is 0. The van der Waals surface area contributed by atoms with E-state index in [9.17, 15) is 0 Å². The van der Waals surface area contributed by atoms with Crippen LogP contribution in [-0.2, 0) is 6.54 Å². The van der Waals surface area contributed by atoms with Crippen molar-refractivity contribution < 1.29 is 4.42 Å².